The molecule has 0 radical (unpaired) electrons. The normalized spacial score (nSPS) is 14.4. The van der Waals surface area contributed by atoms with Crippen molar-refractivity contribution in [3.05, 3.63) is 24.3 Å². The van der Waals surface area contributed by atoms with Crippen LogP contribution in [0.15, 0.2) is 24.3 Å². The van der Waals surface area contributed by atoms with Crippen LogP contribution in [0.3, 0.4) is 0 Å². The van der Waals surface area contributed by atoms with Crippen LogP contribution < -0.4 is 4.89 Å². The number of esters is 1. The zero-order chi connectivity index (χ0) is 32.8. The Bertz CT molecular complexity index is 767. The molecule has 44 heavy (non-hydrogen) atoms. The summed E-state index contributed by atoms with van der Waals surface area (Å²) < 4.78 is 34.2. The predicted octanol–water partition coefficient (Wildman–Crippen LogP) is 8.69. The van der Waals surface area contributed by atoms with Gasteiger partial charge in [-0.2, -0.15) is 0 Å². The molecule has 2 atom stereocenters. The third-order valence-corrected chi connectivity index (χ3v) is 8.22. The molecule has 0 aromatic heterocycles. The van der Waals surface area contributed by atoms with E-state index in [-0.39, 0.29) is 25.8 Å². The van der Waals surface area contributed by atoms with Gasteiger partial charge in [-0.3, -0.25) is 9.36 Å². The van der Waals surface area contributed by atoms with E-state index in [9.17, 15) is 14.3 Å². The largest absolute Gasteiger partial charge is 0.756 e. The quantitative estimate of drug-likeness (QED) is 0.0238. The molecular formula is C35H68NO7P. The maximum atomic E-state index is 12.4. The summed E-state index contributed by atoms with van der Waals surface area (Å²) in [7, 11) is 1.35. The lowest BCUT2D eigenvalue weighted by Gasteiger charge is -2.28. The van der Waals surface area contributed by atoms with Gasteiger partial charge in [-0.05, 0) is 44.9 Å². The fourth-order valence-corrected chi connectivity index (χ4v) is 5.18. The van der Waals surface area contributed by atoms with Crippen LogP contribution in [0.2, 0.25) is 0 Å². The standard InChI is InChI=1S/C35H68NO7P/c1-6-8-10-12-14-15-16-17-18-19-20-21-22-23-25-27-30-40-32-34(43-35(37)28-26-24-13-11-9-7-2)33-42-44(38,39)41-31-29-36(3,4)5/h14-15,17-18,34H,6-13,16,19-33H2,1-5H3/b15-14-,18-17-. The number of phosphoric acid groups is 1. The molecule has 0 N–H and O–H groups in total. The lowest BCUT2D eigenvalue weighted by Crippen LogP contribution is -2.37. The molecule has 0 aliphatic heterocycles. The van der Waals surface area contributed by atoms with Gasteiger partial charge in [0, 0.05) is 13.0 Å². The van der Waals surface area contributed by atoms with Crippen molar-refractivity contribution in [3.8, 4) is 0 Å². The first-order valence-electron chi connectivity index (χ1n) is 17.6. The van der Waals surface area contributed by atoms with E-state index in [2.05, 4.69) is 38.2 Å². The number of ether oxygens (including phenoxy) is 2. The minimum absolute atomic E-state index is 0.0246. The molecule has 0 bridgehead atoms. The van der Waals surface area contributed by atoms with Crippen molar-refractivity contribution in [2.75, 3.05) is 54.1 Å². The molecule has 0 aliphatic rings. The minimum atomic E-state index is -4.51. The first-order chi connectivity index (χ1) is 21.1. The van der Waals surface area contributed by atoms with Crippen LogP contribution >= 0.6 is 7.82 Å². The van der Waals surface area contributed by atoms with Gasteiger partial charge in [-0.25, -0.2) is 0 Å². The summed E-state index contributed by atoms with van der Waals surface area (Å²) in [5.74, 6) is -0.349. The van der Waals surface area contributed by atoms with Gasteiger partial charge in [0.25, 0.3) is 7.82 Å². The van der Waals surface area contributed by atoms with Gasteiger partial charge >= 0.3 is 5.97 Å². The smallest absolute Gasteiger partial charge is 0.306 e. The molecule has 0 heterocycles. The molecule has 0 aliphatic carbocycles. The summed E-state index contributed by atoms with van der Waals surface area (Å²) in [5, 5.41) is 0. The first-order valence-corrected chi connectivity index (χ1v) is 19.0. The fraction of sp³-hybridized carbons (Fsp3) is 0.857. The monoisotopic (exact) mass is 645 g/mol. The van der Waals surface area contributed by atoms with Crippen molar-refractivity contribution >= 4 is 13.8 Å². The van der Waals surface area contributed by atoms with Crippen LogP contribution in [0.5, 0.6) is 0 Å². The van der Waals surface area contributed by atoms with Crippen LogP contribution in [0.1, 0.15) is 136 Å². The van der Waals surface area contributed by atoms with Crippen molar-refractivity contribution in [1.82, 2.24) is 0 Å². The van der Waals surface area contributed by atoms with Crippen LogP contribution in [0.25, 0.3) is 0 Å². The van der Waals surface area contributed by atoms with E-state index in [1.165, 1.54) is 64.2 Å². The van der Waals surface area contributed by atoms with Gasteiger partial charge in [0.15, 0.2) is 0 Å². The highest BCUT2D eigenvalue weighted by Crippen LogP contribution is 2.38. The number of carbonyl (C=O) groups is 1. The molecule has 2 unspecified atom stereocenters. The third-order valence-electron chi connectivity index (χ3n) is 7.26. The third kappa shape index (κ3) is 32.4. The number of rotatable bonds is 32. The predicted molar refractivity (Wildman–Crippen MR) is 180 cm³/mol. The molecule has 260 valence electrons. The van der Waals surface area contributed by atoms with Crippen LogP contribution in [0.4, 0.5) is 0 Å². The average molecular weight is 646 g/mol. The number of quaternary nitrogens is 1. The molecule has 0 rings (SSSR count). The summed E-state index contributed by atoms with van der Waals surface area (Å²) in [5.41, 5.74) is 0. The van der Waals surface area contributed by atoms with E-state index >= 15 is 0 Å². The molecule has 9 heteroatoms. The Kier molecular flexibility index (Phi) is 28.7. The molecule has 0 saturated heterocycles. The zero-order valence-electron chi connectivity index (χ0n) is 29.1. The van der Waals surface area contributed by atoms with Crippen molar-refractivity contribution in [3.63, 3.8) is 0 Å². The summed E-state index contributed by atoms with van der Waals surface area (Å²) in [6.07, 6.45) is 29.2. The van der Waals surface area contributed by atoms with Crippen molar-refractivity contribution < 1.29 is 37.3 Å². The highest BCUT2D eigenvalue weighted by Gasteiger charge is 2.20. The second kappa shape index (κ2) is 29.4. The van der Waals surface area contributed by atoms with E-state index in [1.807, 2.05) is 21.1 Å². The number of nitrogens with zero attached hydrogens (tertiary/aromatic N) is 1. The van der Waals surface area contributed by atoms with Gasteiger partial charge in [0.2, 0.25) is 0 Å². The Balaban J connectivity index is 4.23. The highest BCUT2D eigenvalue weighted by molar-refractivity contribution is 7.45. The molecular weight excluding hydrogens is 577 g/mol. The minimum Gasteiger partial charge on any atom is -0.756 e. The summed E-state index contributed by atoms with van der Waals surface area (Å²) in [6, 6.07) is 0. The SMILES string of the molecule is CCCCC/C=C\C/C=C\CCCCCCCCOCC(COP(=O)([O-])OCC[N+](C)(C)C)OC(=O)CCCCCCCC. The van der Waals surface area contributed by atoms with E-state index in [4.69, 9.17) is 18.5 Å². The molecule has 0 spiro atoms. The Morgan fingerprint density at radius 2 is 1.25 bits per heavy atom. The maximum absolute atomic E-state index is 12.4. The number of likely N-dealkylation sites (N-methyl/N-ethyl adjacent to an activating group) is 1. The lowest BCUT2D eigenvalue weighted by molar-refractivity contribution is -0.870. The maximum Gasteiger partial charge on any atom is 0.306 e. The number of phosphoric ester groups is 1. The first kappa shape index (κ1) is 43.0. The lowest BCUT2D eigenvalue weighted by atomic mass is 10.1. The van der Waals surface area contributed by atoms with Crippen LogP contribution in [0, 0.1) is 0 Å². The second-order valence-corrected chi connectivity index (χ2v) is 14.3. The van der Waals surface area contributed by atoms with Crippen LogP contribution in [-0.2, 0) is 27.9 Å². The van der Waals surface area contributed by atoms with Gasteiger partial charge in [-0.1, -0.05) is 109 Å². The molecule has 0 saturated carbocycles. The molecule has 0 aromatic carbocycles. The van der Waals surface area contributed by atoms with Gasteiger partial charge in [0.05, 0.1) is 34.4 Å². The summed E-state index contributed by atoms with van der Waals surface area (Å²) >= 11 is 0. The topological polar surface area (TPSA) is 94.1 Å². The van der Waals surface area contributed by atoms with Crippen molar-refractivity contribution in [2.24, 2.45) is 0 Å². The van der Waals surface area contributed by atoms with Gasteiger partial charge in [0.1, 0.15) is 19.3 Å². The number of carbonyl (C=O) groups excluding carboxylic acids is 1. The van der Waals surface area contributed by atoms with Crippen molar-refractivity contribution in [2.45, 2.75) is 142 Å². The highest BCUT2D eigenvalue weighted by atomic mass is 31.2. The molecule has 0 aromatic rings. The second-order valence-electron chi connectivity index (χ2n) is 12.9. The molecule has 8 nitrogen and oxygen atoms in total. The Hall–Kier alpha value is -1.02. The number of hydrogen-bond acceptors (Lipinski definition) is 7. The molecule has 0 amide bonds. The zero-order valence-corrected chi connectivity index (χ0v) is 30.0. The molecule has 0 fully saturated rings. The average Bonchev–Trinajstić information content (AvgIpc) is 2.96. The number of allylic oxidation sites excluding steroid dienone is 4. The van der Waals surface area contributed by atoms with E-state index in [0.29, 0.717) is 24.1 Å². The number of hydrogen-bond donors (Lipinski definition) is 0. The van der Waals surface area contributed by atoms with Gasteiger partial charge < -0.3 is 27.9 Å². The van der Waals surface area contributed by atoms with Gasteiger partial charge in [-0.15, -0.1) is 0 Å². The van der Waals surface area contributed by atoms with E-state index in [0.717, 1.165) is 51.4 Å². The Labute approximate surface area is 271 Å². The van der Waals surface area contributed by atoms with E-state index in [1.54, 1.807) is 0 Å². The van der Waals surface area contributed by atoms with E-state index < -0.39 is 13.9 Å². The summed E-state index contributed by atoms with van der Waals surface area (Å²) in [4.78, 5) is 24.7. The Morgan fingerprint density at radius 3 is 1.89 bits per heavy atom. The fourth-order valence-electron chi connectivity index (χ4n) is 4.46. The van der Waals surface area contributed by atoms with Crippen molar-refractivity contribution in [1.29, 1.82) is 0 Å². The summed E-state index contributed by atoms with van der Waals surface area (Å²) in [6.45, 7) is 5.28. The Morgan fingerprint density at radius 1 is 0.705 bits per heavy atom. The number of unbranched alkanes of at least 4 members (excludes halogenated alkanes) is 14. The van der Waals surface area contributed by atoms with Crippen LogP contribution in [-0.4, -0.2) is 70.7 Å².